The van der Waals surface area contributed by atoms with Crippen LogP contribution in [0.3, 0.4) is 0 Å². The summed E-state index contributed by atoms with van der Waals surface area (Å²) >= 11 is 0. The van der Waals surface area contributed by atoms with Crippen molar-refractivity contribution in [3.8, 4) is 0 Å². The highest BCUT2D eigenvalue weighted by molar-refractivity contribution is 6.24. The number of amides is 1. The first-order chi connectivity index (χ1) is 8.36. The van der Waals surface area contributed by atoms with Gasteiger partial charge in [0.15, 0.2) is 0 Å². The van der Waals surface area contributed by atoms with Gasteiger partial charge < -0.3 is 19.3 Å². The molecule has 0 aromatic carbocycles. The van der Waals surface area contributed by atoms with E-state index in [0.29, 0.717) is 6.26 Å². The van der Waals surface area contributed by atoms with E-state index in [4.69, 9.17) is 5.11 Å². The molecule has 1 amide bonds. The number of carbonyl (C=O) groups excluding carboxylic acids is 3. The van der Waals surface area contributed by atoms with Crippen molar-refractivity contribution in [2.75, 3.05) is 14.2 Å². The predicted molar refractivity (Wildman–Crippen MR) is 54.2 cm³/mol. The fourth-order valence-corrected chi connectivity index (χ4v) is 1.03. The van der Waals surface area contributed by atoms with Crippen LogP contribution in [0.2, 0.25) is 0 Å². The molecule has 18 heavy (non-hydrogen) atoms. The summed E-state index contributed by atoms with van der Waals surface area (Å²) in [5.41, 5.74) is -2.95. The number of rotatable bonds is 5. The average molecular weight is 261 g/mol. The molecular formula is C9H11NO8. The van der Waals surface area contributed by atoms with Crippen molar-refractivity contribution >= 4 is 24.0 Å². The second-order valence-electron chi connectivity index (χ2n) is 2.74. The molecule has 0 aliphatic carbocycles. The van der Waals surface area contributed by atoms with E-state index in [0.717, 1.165) is 14.2 Å². The lowest BCUT2D eigenvalue weighted by atomic mass is 10.0. The average Bonchev–Trinajstić information content (AvgIpc) is 2.33. The third-order valence-corrected chi connectivity index (χ3v) is 1.77. The highest BCUT2D eigenvalue weighted by Gasteiger charge is 2.59. The molecule has 0 aromatic heterocycles. The van der Waals surface area contributed by atoms with E-state index >= 15 is 0 Å². The molecule has 2 N–H and O–H groups in total. The van der Waals surface area contributed by atoms with E-state index in [2.05, 4.69) is 20.8 Å². The third-order valence-electron chi connectivity index (χ3n) is 1.77. The number of esters is 3. The topological polar surface area (TPSA) is 128 Å². The van der Waals surface area contributed by atoms with Gasteiger partial charge in [0, 0.05) is 0 Å². The first-order valence-electron chi connectivity index (χ1n) is 4.36. The smallest absolute Gasteiger partial charge is 0.406 e. The first-order valence-corrected chi connectivity index (χ1v) is 4.36. The zero-order valence-corrected chi connectivity index (χ0v) is 9.59. The summed E-state index contributed by atoms with van der Waals surface area (Å²) < 4.78 is 12.7. The minimum atomic E-state index is -2.95. The van der Waals surface area contributed by atoms with Crippen LogP contribution < -0.4 is 5.32 Å². The zero-order chi connectivity index (χ0) is 14.3. The number of nitrogens with one attached hydrogen (secondary N) is 1. The van der Waals surface area contributed by atoms with Gasteiger partial charge >= 0.3 is 29.5 Å². The molecular weight excluding hydrogens is 250 g/mol. The van der Waals surface area contributed by atoms with Crippen molar-refractivity contribution in [3.05, 3.63) is 12.8 Å². The molecule has 0 bridgehead atoms. The van der Waals surface area contributed by atoms with E-state index in [-0.39, 0.29) is 0 Å². The first kappa shape index (κ1) is 15.4. The van der Waals surface area contributed by atoms with Crippen LogP contribution in [-0.4, -0.2) is 48.9 Å². The highest BCUT2D eigenvalue weighted by atomic mass is 16.6. The SMILES string of the molecule is C=COC(=O)C(NC(=O)O)(C(=O)OC)C(=O)OC. The second-order valence-corrected chi connectivity index (χ2v) is 2.74. The third kappa shape index (κ3) is 2.75. The zero-order valence-electron chi connectivity index (χ0n) is 9.59. The molecule has 0 radical (unpaired) electrons. The number of carboxylic acid groups (broad SMARTS) is 1. The van der Waals surface area contributed by atoms with Crippen LogP contribution in [0, 0.1) is 0 Å². The largest absolute Gasteiger partial charge is 0.466 e. The van der Waals surface area contributed by atoms with Crippen LogP contribution in [0.15, 0.2) is 12.8 Å². The molecule has 9 heteroatoms. The minimum Gasteiger partial charge on any atom is -0.466 e. The number of carbonyl (C=O) groups is 4. The molecule has 0 spiro atoms. The van der Waals surface area contributed by atoms with Crippen molar-refractivity contribution in [3.63, 3.8) is 0 Å². The lowest BCUT2D eigenvalue weighted by Gasteiger charge is -2.24. The molecule has 0 saturated carbocycles. The molecule has 9 nitrogen and oxygen atoms in total. The van der Waals surface area contributed by atoms with Gasteiger partial charge in [-0.05, 0) is 0 Å². The van der Waals surface area contributed by atoms with Crippen LogP contribution in [0.5, 0.6) is 0 Å². The van der Waals surface area contributed by atoms with Crippen molar-refractivity contribution in [1.29, 1.82) is 0 Å². The highest BCUT2D eigenvalue weighted by Crippen LogP contribution is 2.13. The molecule has 0 aliphatic rings. The number of hydrogen-bond donors (Lipinski definition) is 2. The van der Waals surface area contributed by atoms with Crippen molar-refractivity contribution in [1.82, 2.24) is 5.32 Å². The molecule has 0 heterocycles. The predicted octanol–water partition coefficient (Wildman–Crippen LogP) is -0.974. The molecule has 0 unspecified atom stereocenters. The van der Waals surface area contributed by atoms with Gasteiger partial charge in [-0.25, -0.2) is 19.2 Å². The van der Waals surface area contributed by atoms with E-state index < -0.39 is 29.5 Å². The Hall–Kier alpha value is -2.58. The summed E-state index contributed by atoms with van der Waals surface area (Å²) in [6.07, 6.45) is -1.21. The fraction of sp³-hybridized carbons (Fsp3) is 0.333. The van der Waals surface area contributed by atoms with Gasteiger partial charge in [0.1, 0.15) is 0 Å². The summed E-state index contributed by atoms with van der Waals surface area (Å²) in [4.78, 5) is 45.2. The van der Waals surface area contributed by atoms with Crippen LogP contribution in [0.4, 0.5) is 4.79 Å². The van der Waals surface area contributed by atoms with Gasteiger partial charge in [0.05, 0.1) is 20.5 Å². The normalized spacial score (nSPS) is 9.89. The lowest BCUT2D eigenvalue weighted by molar-refractivity contribution is -0.172. The van der Waals surface area contributed by atoms with Crippen LogP contribution >= 0.6 is 0 Å². The van der Waals surface area contributed by atoms with Gasteiger partial charge in [0.2, 0.25) is 0 Å². The van der Waals surface area contributed by atoms with E-state index in [1.165, 1.54) is 5.32 Å². The summed E-state index contributed by atoms with van der Waals surface area (Å²) in [6.45, 7) is 3.04. The van der Waals surface area contributed by atoms with Gasteiger partial charge in [-0.3, -0.25) is 5.32 Å². The summed E-state index contributed by atoms with van der Waals surface area (Å²) in [7, 11) is 1.70. The standard InChI is InChI=1S/C9H11NO8/c1-4-18-7(13)9(5(11)16-2,6(12)17-3)10-8(14)15/h4,10H,1H2,2-3H3,(H,14,15). The molecule has 0 aliphatic heterocycles. The fourth-order valence-electron chi connectivity index (χ4n) is 1.03. The molecule has 100 valence electrons. The molecule has 0 atom stereocenters. The maximum atomic E-state index is 11.6. The summed E-state index contributed by atoms with van der Waals surface area (Å²) in [5, 5.41) is 10.0. The van der Waals surface area contributed by atoms with E-state index in [1.807, 2.05) is 0 Å². The van der Waals surface area contributed by atoms with E-state index in [9.17, 15) is 19.2 Å². The van der Waals surface area contributed by atoms with Gasteiger partial charge in [0.25, 0.3) is 0 Å². The Morgan fingerprint density at radius 1 is 1.11 bits per heavy atom. The lowest BCUT2D eigenvalue weighted by Crippen LogP contribution is -2.66. The van der Waals surface area contributed by atoms with Crippen LogP contribution in [0.25, 0.3) is 0 Å². The molecule has 0 saturated heterocycles. The Morgan fingerprint density at radius 2 is 1.56 bits per heavy atom. The van der Waals surface area contributed by atoms with Crippen molar-refractivity contribution in [2.45, 2.75) is 5.54 Å². The Morgan fingerprint density at radius 3 is 1.83 bits per heavy atom. The Balaban J connectivity index is 5.75. The van der Waals surface area contributed by atoms with Crippen molar-refractivity contribution < 1.29 is 38.5 Å². The van der Waals surface area contributed by atoms with Crippen molar-refractivity contribution in [2.24, 2.45) is 0 Å². The van der Waals surface area contributed by atoms with Gasteiger partial charge in [-0.15, -0.1) is 0 Å². The number of ether oxygens (including phenoxy) is 3. The molecule has 0 rings (SSSR count). The van der Waals surface area contributed by atoms with E-state index in [1.54, 1.807) is 0 Å². The molecule has 0 fully saturated rings. The minimum absolute atomic E-state index is 0.618. The molecule has 0 aromatic rings. The maximum absolute atomic E-state index is 11.6. The van der Waals surface area contributed by atoms with Gasteiger partial charge in [-0.2, -0.15) is 0 Å². The maximum Gasteiger partial charge on any atom is 0.406 e. The summed E-state index contributed by atoms with van der Waals surface area (Å²) in [6, 6.07) is 0. The summed E-state index contributed by atoms with van der Waals surface area (Å²) in [5.74, 6) is -4.54. The number of methoxy groups -OCH3 is 2. The van der Waals surface area contributed by atoms with Gasteiger partial charge in [-0.1, -0.05) is 6.58 Å². The quantitative estimate of drug-likeness (QED) is 0.280. The Bertz CT molecular complexity index is 372. The monoisotopic (exact) mass is 261 g/mol. The second kappa shape index (κ2) is 6.23. The Labute approximate surface area is 101 Å². The Kier molecular flexibility index (Phi) is 5.34. The van der Waals surface area contributed by atoms with Crippen LogP contribution in [0.1, 0.15) is 0 Å². The van der Waals surface area contributed by atoms with Crippen LogP contribution in [-0.2, 0) is 28.6 Å². The number of hydrogen-bond acceptors (Lipinski definition) is 7.